The number of carbonyl (C=O) groups excluding carboxylic acids is 4. The number of carbonyl (C=O) groups is 4. The lowest BCUT2D eigenvalue weighted by Crippen LogP contribution is -2.58. The summed E-state index contributed by atoms with van der Waals surface area (Å²) < 4.78 is 26.0. The highest BCUT2D eigenvalue weighted by molar-refractivity contribution is 6.81. The third kappa shape index (κ3) is 11.1. The number of aryl methyl sites for hydroxylation is 1. The van der Waals surface area contributed by atoms with E-state index in [-0.39, 0.29) is 49.6 Å². The fraction of sp³-hybridized carbons (Fsp3) is 0.569. The van der Waals surface area contributed by atoms with Gasteiger partial charge in [-0.2, -0.15) is 0 Å². The molecule has 3 amide bonds. The monoisotopic (exact) mass is 932 g/mol. The van der Waals surface area contributed by atoms with Gasteiger partial charge in [-0.3, -0.25) is 39.1 Å². The molecule has 0 aliphatic carbocycles. The molecule has 4 aliphatic rings. The average Bonchev–Trinajstić information content (AvgIpc) is 3.82. The summed E-state index contributed by atoms with van der Waals surface area (Å²) in [6.07, 6.45) is 1.91. The minimum Gasteiger partial charge on any atom is -0.465 e. The molecule has 1 aromatic carbocycles. The van der Waals surface area contributed by atoms with Gasteiger partial charge in [0.05, 0.1) is 54.0 Å². The number of hydrogen-bond acceptors (Lipinski definition) is 12. The number of aromatic nitrogens is 2. The standard InChI is InChI=1S/C51H68BN8O8/c1-12-59-41-18-17-33-23-37(41)38(46(59)36-15-13-21-53-45(36)32(3)65-10)25-50(4,5)30-68-49(64)35-16-14-22-60(56-31(35)2)48(63)39(24-43-52-26-40(33)54-43)55-47(62)42(66-11)29-67-34-27-58(28-34)44(61)19-20-51(6,7)57(8)9/h13,15,17-18,21,23,26,31-32,34-35,39,42,56H,12,14,16,22,24-25,27-30H2,1-11H3,(H,55,62)/t31?,32-,35+,39?,42?/m0/s1. The van der Waals surface area contributed by atoms with E-state index in [4.69, 9.17) is 28.9 Å². The third-order valence-corrected chi connectivity index (χ3v) is 13.8. The van der Waals surface area contributed by atoms with E-state index in [0.717, 1.165) is 44.7 Å². The van der Waals surface area contributed by atoms with Crippen LogP contribution in [0.1, 0.15) is 90.7 Å². The zero-order chi connectivity index (χ0) is 49.1. The molecule has 2 saturated heterocycles. The van der Waals surface area contributed by atoms with E-state index in [9.17, 15) is 19.2 Å². The Kier molecular flexibility index (Phi) is 15.7. The van der Waals surface area contributed by atoms with Crippen LogP contribution in [0.5, 0.6) is 0 Å². The number of nitrogens with one attached hydrogen (secondary N) is 2. The third-order valence-electron chi connectivity index (χ3n) is 13.8. The van der Waals surface area contributed by atoms with Gasteiger partial charge in [-0.1, -0.05) is 31.8 Å². The summed E-state index contributed by atoms with van der Waals surface area (Å²) in [6.45, 7) is 15.9. The van der Waals surface area contributed by atoms with Gasteiger partial charge < -0.3 is 33.7 Å². The molecule has 5 atom stereocenters. The number of rotatable bonds is 11. The Labute approximate surface area is 401 Å². The van der Waals surface area contributed by atoms with Crippen molar-refractivity contribution in [2.75, 3.05) is 61.2 Å². The maximum absolute atomic E-state index is 14.6. The van der Waals surface area contributed by atoms with Crippen LogP contribution < -0.4 is 10.7 Å². The number of esters is 1. The van der Waals surface area contributed by atoms with Gasteiger partial charge in [-0.05, 0) is 115 Å². The van der Waals surface area contributed by atoms with E-state index in [1.54, 1.807) is 18.2 Å². The van der Waals surface area contributed by atoms with Crippen molar-refractivity contribution in [3.8, 4) is 23.1 Å². The topological polar surface area (TPSA) is 169 Å². The number of amides is 3. The molecule has 6 bridgehead atoms. The predicted molar refractivity (Wildman–Crippen MR) is 262 cm³/mol. The summed E-state index contributed by atoms with van der Waals surface area (Å²) in [5.74, 6) is 5.68. The number of methoxy groups -OCH3 is 2. The molecule has 2 fully saturated rings. The second kappa shape index (κ2) is 21.1. The second-order valence-electron chi connectivity index (χ2n) is 19.9. The van der Waals surface area contributed by atoms with Crippen LogP contribution in [0.2, 0.25) is 0 Å². The summed E-state index contributed by atoms with van der Waals surface area (Å²) in [5.41, 5.74) is 9.60. The number of fused-ring (bicyclic) bond motifs is 6. The van der Waals surface area contributed by atoms with Crippen LogP contribution in [0.3, 0.4) is 0 Å². The number of pyridine rings is 1. The minimum absolute atomic E-state index is 0.0881. The Bertz CT molecular complexity index is 2520. The van der Waals surface area contributed by atoms with E-state index >= 15 is 0 Å². The maximum Gasteiger partial charge on any atom is 0.310 e. The molecule has 17 heteroatoms. The van der Waals surface area contributed by atoms with Crippen LogP contribution in [-0.2, 0) is 51.1 Å². The highest BCUT2D eigenvalue weighted by Crippen LogP contribution is 2.42. The molecule has 3 aromatic rings. The lowest BCUT2D eigenvalue weighted by Gasteiger charge is -2.38. The largest absolute Gasteiger partial charge is 0.465 e. The summed E-state index contributed by atoms with van der Waals surface area (Å²) in [6, 6.07) is 8.92. The number of nitrogens with zero attached hydrogens (tertiary/aromatic N) is 6. The van der Waals surface area contributed by atoms with Crippen LogP contribution in [0.4, 0.5) is 0 Å². The van der Waals surface area contributed by atoms with E-state index in [1.807, 2.05) is 66.0 Å². The van der Waals surface area contributed by atoms with Gasteiger partial charge >= 0.3 is 5.97 Å². The van der Waals surface area contributed by atoms with E-state index in [2.05, 4.69) is 72.2 Å². The molecule has 7 rings (SSSR count). The fourth-order valence-electron chi connectivity index (χ4n) is 9.09. The normalized spacial score (nSPS) is 22.1. The molecule has 16 nitrogen and oxygen atoms in total. The zero-order valence-corrected chi connectivity index (χ0v) is 41.6. The van der Waals surface area contributed by atoms with E-state index in [1.165, 1.54) is 12.1 Å². The van der Waals surface area contributed by atoms with Crippen LogP contribution in [0, 0.1) is 23.2 Å². The van der Waals surface area contributed by atoms with Gasteiger partial charge in [-0.15, -0.1) is 0 Å². The Morgan fingerprint density at radius 1 is 1.15 bits per heavy atom. The summed E-state index contributed by atoms with van der Waals surface area (Å²) in [4.78, 5) is 68.8. The van der Waals surface area contributed by atoms with E-state index < -0.39 is 41.0 Å². The average molecular weight is 932 g/mol. The fourth-order valence-corrected chi connectivity index (χ4v) is 9.09. The van der Waals surface area contributed by atoms with Crippen molar-refractivity contribution >= 4 is 53.2 Å². The molecule has 1 radical (unpaired) electrons. The van der Waals surface area contributed by atoms with Crippen molar-refractivity contribution in [2.45, 2.75) is 117 Å². The Balaban J connectivity index is 1.18. The van der Waals surface area contributed by atoms with Crippen LogP contribution in [0.25, 0.3) is 27.9 Å². The molecule has 3 unspecified atom stereocenters. The minimum atomic E-state index is -1.05. The number of likely N-dealkylation sites (tertiary alicyclic amines) is 1. The molecule has 68 heavy (non-hydrogen) atoms. The van der Waals surface area contributed by atoms with Gasteiger partial charge in [-0.25, -0.2) is 5.43 Å². The van der Waals surface area contributed by atoms with Gasteiger partial charge in [0.1, 0.15) is 6.04 Å². The van der Waals surface area contributed by atoms with Crippen molar-refractivity contribution < 1.29 is 38.1 Å². The number of ether oxygens (including phenoxy) is 4. The first kappa shape index (κ1) is 50.5. The first-order valence-corrected chi connectivity index (χ1v) is 23.8. The molecular formula is C51H68BN8O8. The number of cyclic esters (lactones) is 1. The first-order valence-electron chi connectivity index (χ1n) is 23.8. The highest BCUT2D eigenvalue weighted by Gasteiger charge is 2.38. The van der Waals surface area contributed by atoms with Crippen molar-refractivity contribution in [2.24, 2.45) is 16.3 Å². The number of aliphatic imine (C=N–C) groups is 1. The molecule has 2 N–H and O–H groups in total. The second-order valence-corrected chi connectivity index (χ2v) is 19.9. The predicted octanol–water partition coefficient (Wildman–Crippen LogP) is 4.56. The van der Waals surface area contributed by atoms with Crippen LogP contribution >= 0.6 is 0 Å². The van der Waals surface area contributed by atoms with Crippen molar-refractivity contribution in [3.63, 3.8) is 0 Å². The molecule has 4 aliphatic heterocycles. The number of benzene rings is 1. The highest BCUT2D eigenvalue weighted by atomic mass is 16.5. The quantitative estimate of drug-likeness (QED) is 0.157. The Hall–Kier alpha value is -5.38. The SMILES string of the molecule is CCn1c(-c2cccnc2[C@H](C)OC)c2c3cc(ccc31)C1=C[B]C(=N1)CC(NC(=O)C(COC1CN(C(=O)C#CC(C)(C)N(C)C)C1)OC)C(=O)N1CCC[C@@H](C(=O)OCC(C)(C)C2)C(C)N1. The first-order chi connectivity index (χ1) is 32.3. The smallest absolute Gasteiger partial charge is 0.310 e. The van der Waals surface area contributed by atoms with Gasteiger partial charge in [0.15, 0.2) is 6.10 Å². The molecule has 0 spiro atoms. The van der Waals surface area contributed by atoms with Gasteiger partial charge in [0.25, 0.3) is 17.7 Å². The molecule has 363 valence electrons. The summed E-state index contributed by atoms with van der Waals surface area (Å²) in [7, 11) is 8.81. The molecule has 0 saturated carbocycles. The lowest BCUT2D eigenvalue weighted by molar-refractivity contribution is -0.153. The van der Waals surface area contributed by atoms with E-state index in [0.29, 0.717) is 51.1 Å². The Morgan fingerprint density at radius 2 is 1.91 bits per heavy atom. The molecule has 2 aromatic heterocycles. The van der Waals surface area contributed by atoms with Gasteiger partial charge in [0, 0.05) is 80.9 Å². The molecular weight excluding hydrogens is 863 g/mol. The number of hydrazine groups is 1. The maximum atomic E-state index is 14.6. The number of hydrogen-bond donors (Lipinski definition) is 2. The molecule has 6 heterocycles. The Morgan fingerprint density at radius 3 is 2.62 bits per heavy atom. The zero-order valence-electron chi connectivity index (χ0n) is 41.6. The van der Waals surface area contributed by atoms with Crippen LogP contribution in [-0.4, -0.2) is 152 Å². The van der Waals surface area contributed by atoms with Crippen LogP contribution in [0.15, 0.2) is 47.5 Å². The van der Waals surface area contributed by atoms with Gasteiger partial charge in [0.2, 0.25) is 7.28 Å². The summed E-state index contributed by atoms with van der Waals surface area (Å²) >= 11 is 0. The lowest BCUT2D eigenvalue weighted by atomic mass is 9.71. The van der Waals surface area contributed by atoms with Crippen molar-refractivity contribution in [3.05, 3.63) is 59.3 Å². The summed E-state index contributed by atoms with van der Waals surface area (Å²) in [5, 5.41) is 5.53. The van der Waals surface area contributed by atoms with Crippen molar-refractivity contribution in [1.29, 1.82) is 0 Å². The van der Waals surface area contributed by atoms with Crippen molar-refractivity contribution in [1.82, 2.24) is 35.1 Å².